The Kier molecular flexibility index (Phi) is 5.40. The second-order valence-corrected chi connectivity index (χ2v) is 4.25. The van der Waals surface area contributed by atoms with Crippen molar-refractivity contribution in [2.75, 3.05) is 20.3 Å². The van der Waals surface area contributed by atoms with Crippen LogP contribution < -0.4 is 5.32 Å². The molecule has 1 saturated carbocycles. The quantitative estimate of drug-likeness (QED) is 0.685. The normalized spacial score (nSPS) is 20.8. The van der Waals surface area contributed by atoms with E-state index in [-0.39, 0.29) is 0 Å². The third kappa shape index (κ3) is 4.63. The van der Waals surface area contributed by atoms with Gasteiger partial charge >= 0.3 is 0 Å². The molecule has 78 valence electrons. The molecule has 0 spiro atoms. The monoisotopic (exact) mass is 185 g/mol. The number of methoxy groups -OCH3 is 1. The summed E-state index contributed by atoms with van der Waals surface area (Å²) in [5.74, 6) is 1.00. The molecule has 1 fully saturated rings. The molecule has 0 aromatic rings. The zero-order valence-corrected chi connectivity index (χ0v) is 9.01. The average molecular weight is 185 g/mol. The lowest BCUT2D eigenvalue weighted by Gasteiger charge is -2.14. The molecule has 2 nitrogen and oxygen atoms in total. The lowest BCUT2D eigenvalue weighted by atomic mass is 10.0. The average Bonchev–Trinajstić information content (AvgIpc) is 2.57. The van der Waals surface area contributed by atoms with Gasteiger partial charge in [-0.1, -0.05) is 25.7 Å². The van der Waals surface area contributed by atoms with E-state index in [1.807, 2.05) is 0 Å². The van der Waals surface area contributed by atoms with Crippen molar-refractivity contribution >= 4 is 0 Å². The summed E-state index contributed by atoms with van der Waals surface area (Å²) in [6.45, 7) is 4.16. The van der Waals surface area contributed by atoms with Crippen LogP contribution >= 0.6 is 0 Å². The molecule has 1 atom stereocenters. The first-order chi connectivity index (χ1) is 6.33. The Morgan fingerprint density at radius 1 is 1.38 bits per heavy atom. The van der Waals surface area contributed by atoms with E-state index >= 15 is 0 Å². The van der Waals surface area contributed by atoms with Gasteiger partial charge in [0.15, 0.2) is 0 Å². The van der Waals surface area contributed by atoms with Crippen LogP contribution in [0.5, 0.6) is 0 Å². The standard InChI is InChI=1S/C11H23NO/c1-10(9-13-2)12-8-7-11-5-3-4-6-11/h10-12H,3-9H2,1-2H3. The zero-order chi connectivity index (χ0) is 9.52. The lowest BCUT2D eigenvalue weighted by Crippen LogP contribution is -2.31. The molecule has 1 aliphatic rings. The maximum atomic E-state index is 5.06. The van der Waals surface area contributed by atoms with Crippen molar-refractivity contribution in [1.29, 1.82) is 0 Å². The van der Waals surface area contributed by atoms with Gasteiger partial charge in [-0.2, -0.15) is 0 Å². The van der Waals surface area contributed by atoms with E-state index in [0.29, 0.717) is 6.04 Å². The smallest absolute Gasteiger partial charge is 0.0613 e. The van der Waals surface area contributed by atoms with Crippen molar-refractivity contribution in [3.63, 3.8) is 0 Å². The van der Waals surface area contributed by atoms with Crippen molar-refractivity contribution < 1.29 is 4.74 Å². The highest BCUT2D eigenvalue weighted by Crippen LogP contribution is 2.26. The first-order valence-electron chi connectivity index (χ1n) is 5.55. The van der Waals surface area contributed by atoms with E-state index in [2.05, 4.69) is 12.2 Å². The van der Waals surface area contributed by atoms with Crippen LogP contribution in [0.2, 0.25) is 0 Å². The van der Waals surface area contributed by atoms with Gasteiger partial charge in [0, 0.05) is 13.2 Å². The molecule has 1 unspecified atom stereocenters. The van der Waals surface area contributed by atoms with E-state index < -0.39 is 0 Å². The maximum absolute atomic E-state index is 5.06. The van der Waals surface area contributed by atoms with Gasteiger partial charge in [0.05, 0.1) is 6.61 Å². The first kappa shape index (κ1) is 11.0. The summed E-state index contributed by atoms with van der Waals surface area (Å²) in [6.07, 6.45) is 7.19. The zero-order valence-electron chi connectivity index (χ0n) is 9.01. The van der Waals surface area contributed by atoms with Crippen LogP contribution in [-0.2, 0) is 4.74 Å². The van der Waals surface area contributed by atoms with Crippen LogP contribution in [0.1, 0.15) is 39.0 Å². The van der Waals surface area contributed by atoms with Crippen LogP contribution in [0.3, 0.4) is 0 Å². The van der Waals surface area contributed by atoms with Crippen molar-refractivity contribution in [3.8, 4) is 0 Å². The Morgan fingerprint density at radius 3 is 2.69 bits per heavy atom. The van der Waals surface area contributed by atoms with Gasteiger partial charge in [-0.25, -0.2) is 0 Å². The number of nitrogens with one attached hydrogen (secondary N) is 1. The molecular weight excluding hydrogens is 162 g/mol. The minimum atomic E-state index is 0.506. The molecule has 0 radical (unpaired) electrons. The Labute approximate surface area is 82.0 Å². The van der Waals surface area contributed by atoms with Gasteiger partial charge in [-0.3, -0.25) is 0 Å². The summed E-state index contributed by atoms with van der Waals surface area (Å²) >= 11 is 0. The van der Waals surface area contributed by atoms with Crippen LogP contribution in [-0.4, -0.2) is 26.3 Å². The topological polar surface area (TPSA) is 21.3 Å². The molecule has 1 aliphatic carbocycles. The minimum absolute atomic E-state index is 0.506. The summed E-state index contributed by atoms with van der Waals surface area (Å²) in [4.78, 5) is 0. The molecule has 0 saturated heterocycles. The largest absolute Gasteiger partial charge is 0.383 e. The molecule has 0 aromatic carbocycles. The van der Waals surface area contributed by atoms with Crippen molar-refractivity contribution in [3.05, 3.63) is 0 Å². The highest BCUT2D eigenvalue weighted by Gasteiger charge is 2.14. The Bertz CT molecular complexity index is 121. The molecule has 2 heteroatoms. The minimum Gasteiger partial charge on any atom is -0.383 e. The predicted molar refractivity (Wildman–Crippen MR) is 55.9 cm³/mol. The second kappa shape index (κ2) is 6.39. The third-order valence-electron chi connectivity index (χ3n) is 2.94. The fourth-order valence-electron chi connectivity index (χ4n) is 2.14. The van der Waals surface area contributed by atoms with E-state index in [1.165, 1.54) is 32.1 Å². The molecular formula is C11H23NO. The third-order valence-corrected chi connectivity index (χ3v) is 2.94. The summed E-state index contributed by atoms with van der Waals surface area (Å²) in [6, 6.07) is 0.506. The maximum Gasteiger partial charge on any atom is 0.0613 e. The van der Waals surface area contributed by atoms with Crippen LogP contribution in [0.15, 0.2) is 0 Å². The number of ether oxygens (including phenoxy) is 1. The predicted octanol–water partition coefficient (Wildman–Crippen LogP) is 2.19. The van der Waals surface area contributed by atoms with Crippen molar-refractivity contribution in [1.82, 2.24) is 5.32 Å². The van der Waals surface area contributed by atoms with E-state index in [1.54, 1.807) is 7.11 Å². The van der Waals surface area contributed by atoms with Gasteiger partial charge in [-0.05, 0) is 25.8 Å². The van der Waals surface area contributed by atoms with Gasteiger partial charge in [0.2, 0.25) is 0 Å². The molecule has 1 rings (SSSR count). The SMILES string of the molecule is COCC(C)NCCC1CCCC1. The highest BCUT2D eigenvalue weighted by molar-refractivity contribution is 4.69. The van der Waals surface area contributed by atoms with E-state index in [0.717, 1.165) is 19.1 Å². The van der Waals surface area contributed by atoms with Gasteiger partial charge in [-0.15, -0.1) is 0 Å². The summed E-state index contributed by atoms with van der Waals surface area (Å²) < 4.78 is 5.06. The van der Waals surface area contributed by atoms with Gasteiger partial charge < -0.3 is 10.1 Å². The Hall–Kier alpha value is -0.0800. The fraction of sp³-hybridized carbons (Fsp3) is 1.00. The van der Waals surface area contributed by atoms with E-state index in [9.17, 15) is 0 Å². The second-order valence-electron chi connectivity index (χ2n) is 4.25. The van der Waals surface area contributed by atoms with Gasteiger partial charge in [0.25, 0.3) is 0 Å². The van der Waals surface area contributed by atoms with Crippen molar-refractivity contribution in [2.45, 2.75) is 45.1 Å². The van der Waals surface area contributed by atoms with Crippen LogP contribution in [0.25, 0.3) is 0 Å². The molecule has 0 amide bonds. The molecule has 0 aromatic heterocycles. The Balaban J connectivity index is 1.93. The number of hydrogen-bond donors (Lipinski definition) is 1. The fourth-order valence-corrected chi connectivity index (χ4v) is 2.14. The molecule has 0 bridgehead atoms. The number of hydrogen-bond acceptors (Lipinski definition) is 2. The molecule has 0 aliphatic heterocycles. The molecule has 1 N–H and O–H groups in total. The van der Waals surface area contributed by atoms with Crippen LogP contribution in [0.4, 0.5) is 0 Å². The highest BCUT2D eigenvalue weighted by atomic mass is 16.5. The van der Waals surface area contributed by atoms with Gasteiger partial charge in [0.1, 0.15) is 0 Å². The lowest BCUT2D eigenvalue weighted by molar-refractivity contribution is 0.171. The summed E-state index contributed by atoms with van der Waals surface area (Å²) in [7, 11) is 1.76. The van der Waals surface area contributed by atoms with E-state index in [4.69, 9.17) is 4.74 Å². The molecule has 0 heterocycles. The van der Waals surface area contributed by atoms with Crippen LogP contribution in [0, 0.1) is 5.92 Å². The van der Waals surface area contributed by atoms with Crippen molar-refractivity contribution in [2.24, 2.45) is 5.92 Å². The summed E-state index contributed by atoms with van der Waals surface area (Å²) in [5, 5.41) is 3.49. The first-order valence-corrected chi connectivity index (χ1v) is 5.55. The Morgan fingerprint density at radius 2 is 2.08 bits per heavy atom. The summed E-state index contributed by atoms with van der Waals surface area (Å²) in [5.41, 5.74) is 0. The molecule has 13 heavy (non-hydrogen) atoms. The number of rotatable bonds is 6.